The van der Waals surface area contributed by atoms with E-state index in [2.05, 4.69) is 27.5 Å². The second-order valence-corrected chi connectivity index (χ2v) is 4.55. The lowest BCUT2D eigenvalue weighted by atomic mass is 10.4. The van der Waals surface area contributed by atoms with Gasteiger partial charge in [-0.1, -0.05) is 6.92 Å². The minimum Gasteiger partial charge on any atom is -0.389 e. The van der Waals surface area contributed by atoms with Crippen LogP contribution in [0, 0.1) is 0 Å². The Bertz CT molecular complexity index is 543. The van der Waals surface area contributed by atoms with Crippen LogP contribution in [0.1, 0.15) is 13.3 Å². The van der Waals surface area contributed by atoms with Crippen molar-refractivity contribution in [1.29, 1.82) is 0 Å². The molecule has 3 N–H and O–H groups in total. The lowest BCUT2D eigenvalue weighted by Gasteiger charge is -2.13. The van der Waals surface area contributed by atoms with Crippen LogP contribution >= 0.6 is 0 Å². The van der Waals surface area contributed by atoms with E-state index in [-0.39, 0.29) is 6.61 Å². The van der Waals surface area contributed by atoms with Crippen LogP contribution in [-0.4, -0.2) is 52.4 Å². The van der Waals surface area contributed by atoms with Gasteiger partial charge in [0.15, 0.2) is 11.5 Å². The molecule has 0 aliphatic heterocycles. The number of ether oxygens (including phenoxy) is 1. The maximum atomic E-state index is 9.69. The number of fused-ring (bicyclic) bond motifs is 1. The lowest BCUT2D eigenvalue weighted by Crippen LogP contribution is -2.25. The zero-order valence-corrected chi connectivity index (χ0v) is 11.8. The molecule has 0 aliphatic carbocycles. The Kier molecular flexibility index (Phi) is 5.14. The number of hydrogen-bond acceptors (Lipinski definition) is 6. The number of imidazole rings is 1. The molecule has 0 bridgehead atoms. The zero-order valence-electron chi connectivity index (χ0n) is 11.8. The van der Waals surface area contributed by atoms with E-state index in [0.29, 0.717) is 12.4 Å². The van der Waals surface area contributed by atoms with Gasteiger partial charge in [0, 0.05) is 32.6 Å². The van der Waals surface area contributed by atoms with Crippen molar-refractivity contribution in [3.8, 4) is 0 Å². The summed E-state index contributed by atoms with van der Waals surface area (Å²) in [6.45, 7) is 3.61. The first-order chi connectivity index (χ1) is 9.74. The predicted molar refractivity (Wildman–Crippen MR) is 78.1 cm³/mol. The highest BCUT2D eigenvalue weighted by molar-refractivity contribution is 5.65. The molecule has 0 spiro atoms. The molecule has 1 unspecified atom stereocenters. The van der Waals surface area contributed by atoms with Crippen LogP contribution in [0.4, 0.5) is 11.6 Å². The van der Waals surface area contributed by atoms with Crippen LogP contribution in [0.3, 0.4) is 0 Å². The van der Waals surface area contributed by atoms with Gasteiger partial charge in [-0.25, -0.2) is 9.97 Å². The second kappa shape index (κ2) is 7.06. The molecule has 2 aromatic heterocycles. The van der Waals surface area contributed by atoms with Crippen molar-refractivity contribution >= 4 is 17.3 Å². The Labute approximate surface area is 118 Å². The standard InChI is InChI=1S/C13H21N5O2/c1-3-4-14-11-8-18-6-5-15-13(18)12(17-11)16-7-10(19)9-20-2/h5-6,8,10,14,19H,3-4,7,9H2,1-2H3,(H,16,17). The van der Waals surface area contributed by atoms with Crippen LogP contribution in [0.15, 0.2) is 18.6 Å². The maximum Gasteiger partial charge on any atom is 0.180 e. The Morgan fingerprint density at radius 3 is 3.05 bits per heavy atom. The van der Waals surface area contributed by atoms with Gasteiger partial charge in [-0.3, -0.25) is 0 Å². The van der Waals surface area contributed by atoms with Crippen LogP contribution in [0.5, 0.6) is 0 Å². The smallest absolute Gasteiger partial charge is 0.180 e. The first kappa shape index (κ1) is 14.5. The molecule has 20 heavy (non-hydrogen) atoms. The Balaban J connectivity index is 2.14. The summed E-state index contributed by atoms with van der Waals surface area (Å²) >= 11 is 0. The highest BCUT2D eigenvalue weighted by atomic mass is 16.5. The SMILES string of the molecule is CCCNc1cn2ccnc2c(NCC(O)COC)n1. The number of aliphatic hydroxyl groups excluding tert-OH is 1. The van der Waals surface area contributed by atoms with E-state index in [9.17, 15) is 5.11 Å². The molecule has 0 saturated heterocycles. The van der Waals surface area contributed by atoms with E-state index in [0.717, 1.165) is 24.4 Å². The van der Waals surface area contributed by atoms with E-state index < -0.39 is 6.10 Å². The molecule has 110 valence electrons. The minimum absolute atomic E-state index is 0.283. The summed E-state index contributed by atoms with van der Waals surface area (Å²) in [4.78, 5) is 8.75. The number of nitrogens with one attached hydrogen (secondary N) is 2. The molecule has 7 heteroatoms. The quantitative estimate of drug-likeness (QED) is 0.668. The van der Waals surface area contributed by atoms with Gasteiger partial charge in [-0.15, -0.1) is 0 Å². The van der Waals surface area contributed by atoms with E-state index >= 15 is 0 Å². The van der Waals surface area contributed by atoms with Gasteiger partial charge in [0.1, 0.15) is 5.82 Å². The summed E-state index contributed by atoms with van der Waals surface area (Å²) in [5.74, 6) is 1.42. The molecule has 2 heterocycles. The average Bonchev–Trinajstić information content (AvgIpc) is 2.91. The minimum atomic E-state index is -0.580. The van der Waals surface area contributed by atoms with Crippen molar-refractivity contribution in [2.75, 3.05) is 37.4 Å². The Morgan fingerprint density at radius 1 is 1.45 bits per heavy atom. The Morgan fingerprint density at radius 2 is 2.30 bits per heavy atom. The van der Waals surface area contributed by atoms with E-state index in [1.54, 1.807) is 13.3 Å². The molecule has 2 rings (SSSR count). The van der Waals surface area contributed by atoms with Crippen molar-refractivity contribution in [2.24, 2.45) is 0 Å². The first-order valence-corrected chi connectivity index (χ1v) is 6.73. The molecule has 0 radical (unpaired) electrons. The first-order valence-electron chi connectivity index (χ1n) is 6.73. The molecule has 2 aromatic rings. The highest BCUT2D eigenvalue weighted by Gasteiger charge is 2.09. The number of hydrogen-bond donors (Lipinski definition) is 3. The molecular formula is C13H21N5O2. The van der Waals surface area contributed by atoms with Crippen LogP contribution in [-0.2, 0) is 4.74 Å². The van der Waals surface area contributed by atoms with Crippen LogP contribution in [0.2, 0.25) is 0 Å². The fraction of sp³-hybridized carbons (Fsp3) is 0.538. The molecule has 0 saturated carbocycles. The fourth-order valence-electron chi connectivity index (χ4n) is 1.85. The number of methoxy groups -OCH3 is 1. The second-order valence-electron chi connectivity index (χ2n) is 4.55. The molecule has 0 amide bonds. The normalized spacial score (nSPS) is 12.6. The van der Waals surface area contributed by atoms with Crippen LogP contribution in [0.25, 0.3) is 5.65 Å². The van der Waals surface area contributed by atoms with Crippen molar-refractivity contribution in [3.05, 3.63) is 18.6 Å². The number of rotatable bonds is 8. The fourth-order valence-corrected chi connectivity index (χ4v) is 1.85. The third-order valence-corrected chi connectivity index (χ3v) is 2.79. The monoisotopic (exact) mass is 279 g/mol. The van der Waals surface area contributed by atoms with Gasteiger partial charge >= 0.3 is 0 Å². The number of nitrogens with zero attached hydrogens (tertiary/aromatic N) is 3. The third-order valence-electron chi connectivity index (χ3n) is 2.79. The lowest BCUT2D eigenvalue weighted by molar-refractivity contribution is 0.0727. The number of anilines is 2. The molecule has 1 atom stereocenters. The van der Waals surface area contributed by atoms with Crippen LogP contribution < -0.4 is 10.6 Å². The van der Waals surface area contributed by atoms with Gasteiger partial charge in [-0.2, -0.15) is 0 Å². The summed E-state index contributed by atoms with van der Waals surface area (Å²) in [5, 5.41) is 16.0. The summed E-state index contributed by atoms with van der Waals surface area (Å²) in [6, 6.07) is 0. The molecule has 0 fully saturated rings. The zero-order chi connectivity index (χ0) is 14.4. The predicted octanol–water partition coefficient (Wildman–Crippen LogP) is 0.970. The van der Waals surface area contributed by atoms with Gasteiger partial charge in [0.2, 0.25) is 0 Å². The summed E-state index contributed by atoms with van der Waals surface area (Å²) in [7, 11) is 1.56. The van der Waals surface area contributed by atoms with Crippen molar-refractivity contribution in [2.45, 2.75) is 19.4 Å². The van der Waals surface area contributed by atoms with Crippen molar-refractivity contribution in [1.82, 2.24) is 14.4 Å². The van der Waals surface area contributed by atoms with E-state index in [1.807, 2.05) is 16.8 Å². The Hall–Kier alpha value is -1.86. The molecule has 7 nitrogen and oxygen atoms in total. The van der Waals surface area contributed by atoms with Gasteiger partial charge < -0.3 is 24.9 Å². The summed E-state index contributed by atoms with van der Waals surface area (Å²) in [6.07, 6.45) is 5.93. The topological polar surface area (TPSA) is 83.7 Å². The largest absolute Gasteiger partial charge is 0.389 e. The van der Waals surface area contributed by atoms with Crippen molar-refractivity contribution in [3.63, 3.8) is 0 Å². The molecule has 0 aliphatic rings. The highest BCUT2D eigenvalue weighted by Crippen LogP contribution is 2.16. The van der Waals surface area contributed by atoms with Gasteiger partial charge in [0.25, 0.3) is 0 Å². The van der Waals surface area contributed by atoms with E-state index in [1.165, 1.54) is 0 Å². The van der Waals surface area contributed by atoms with Gasteiger partial charge in [-0.05, 0) is 6.42 Å². The third kappa shape index (κ3) is 3.58. The average molecular weight is 279 g/mol. The summed E-state index contributed by atoms with van der Waals surface area (Å²) < 4.78 is 6.80. The van der Waals surface area contributed by atoms with Crippen molar-refractivity contribution < 1.29 is 9.84 Å². The summed E-state index contributed by atoms with van der Waals surface area (Å²) in [5.41, 5.74) is 0.733. The maximum absolute atomic E-state index is 9.69. The van der Waals surface area contributed by atoms with E-state index in [4.69, 9.17) is 4.74 Å². The number of aromatic nitrogens is 3. The molecule has 0 aromatic carbocycles. The molecular weight excluding hydrogens is 258 g/mol. The number of aliphatic hydroxyl groups is 1. The van der Waals surface area contributed by atoms with Gasteiger partial charge in [0.05, 0.1) is 18.9 Å².